The van der Waals surface area contributed by atoms with E-state index in [0.29, 0.717) is 5.92 Å². The highest BCUT2D eigenvalue weighted by molar-refractivity contribution is 14.0. The van der Waals surface area contributed by atoms with Gasteiger partial charge in [-0.05, 0) is 37.3 Å². The number of nitrogens with one attached hydrogen (secondary N) is 2. The number of benzene rings is 1. The number of aliphatic imine (C=N–C) groups is 1. The summed E-state index contributed by atoms with van der Waals surface area (Å²) in [4.78, 5) is 4.24. The minimum atomic E-state index is 0. The molecule has 0 aliphatic carbocycles. The zero-order valence-electron chi connectivity index (χ0n) is 15.5. The van der Waals surface area contributed by atoms with Crippen LogP contribution in [-0.4, -0.2) is 52.5 Å². The van der Waals surface area contributed by atoms with E-state index in [2.05, 4.69) is 21.7 Å². The molecule has 1 fully saturated rings. The molecule has 0 saturated carbocycles. The van der Waals surface area contributed by atoms with Crippen LogP contribution < -0.4 is 10.6 Å². The van der Waals surface area contributed by atoms with Crippen LogP contribution in [0, 0.1) is 5.92 Å². The fraction of sp³-hybridized carbons (Fsp3) is 0.632. The molecule has 2 rings (SSSR count). The third-order valence-electron chi connectivity index (χ3n) is 4.23. The van der Waals surface area contributed by atoms with Crippen molar-refractivity contribution < 1.29 is 9.47 Å². The van der Waals surface area contributed by atoms with Crippen molar-refractivity contribution in [3.8, 4) is 0 Å². The Bertz CT molecular complexity index is 525. The SMILES string of the molecule is CN=C(NCCCOCC1CCOC1)NCCCc1ccccc1Cl.I. The smallest absolute Gasteiger partial charge is 0.190 e. The molecule has 1 unspecified atom stereocenters. The van der Waals surface area contributed by atoms with Crippen molar-refractivity contribution in [2.45, 2.75) is 25.7 Å². The third-order valence-corrected chi connectivity index (χ3v) is 4.60. The normalized spacial score (nSPS) is 17.0. The Morgan fingerprint density at radius 1 is 1.27 bits per heavy atom. The number of aryl methyl sites for hydroxylation is 1. The van der Waals surface area contributed by atoms with Crippen LogP contribution >= 0.6 is 35.6 Å². The molecule has 1 aromatic carbocycles. The van der Waals surface area contributed by atoms with E-state index in [1.807, 2.05) is 18.2 Å². The van der Waals surface area contributed by atoms with Crippen molar-refractivity contribution in [2.75, 3.05) is 46.6 Å². The Kier molecular flexibility index (Phi) is 13.1. The second kappa shape index (κ2) is 14.5. The van der Waals surface area contributed by atoms with Crippen molar-refractivity contribution in [2.24, 2.45) is 10.9 Å². The zero-order valence-corrected chi connectivity index (χ0v) is 18.6. The highest BCUT2D eigenvalue weighted by Crippen LogP contribution is 2.16. The number of hydrogen-bond acceptors (Lipinski definition) is 3. The molecule has 1 aromatic rings. The minimum absolute atomic E-state index is 0. The van der Waals surface area contributed by atoms with E-state index in [-0.39, 0.29) is 24.0 Å². The molecule has 7 heteroatoms. The molecule has 148 valence electrons. The molecule has 1 aliphatic heterocycles. The lowest BCUT2D eigenvalue weighted by molar-refractivity contribution is 0.0888. The van der Waals surface area contributed by atoms with Gasteiger partial charge in [0.2, 0.25) is 0 Å². The summed E-state index contributed by atoms with van der Waals surface area (Å²) in [6.45, 7) is 5.04. The van der Waals surface area contributed by atoms with E-state index in [4.69, 9.17) is 21.1 Å². The Morgan fingerprint density at radius 3 is 2.73 bits per heavy atom. The molecule has 0 aromatic heterocycles. The summed E-state index contributed by atoms with van der Waals surface area (Å²) in [7, 11) is 1.79. The van der Waals surface area contributed by atoms with E-state index in [1.165, 1.54) is 5.56 Å². The number of guanidine groups is 1. The average molecular weight is 496 g/mol. The maximum absolute atomic E-state index is 6.17. The summed E-state index contributed by atoms with van der Waals surface area (Å²) in [6, 6.07) is 8.00. The fourth-order valence-electron chi connectivity index (χ4n) is 2.75. The maximum atomic E-state index is 6.17. The van der Waals surface area contributed by atoms with Crippen LogP contribution in [0.4, 0.5) is 0 Å². The van der Waals surface area contributed by atoms with E-state index < -0.39 is 0 Å². The first-order valence-electron chi connectivity index (χ1n) is 9.13. The minimum Gasteiger partial charge on any atom is -0.381 e. The molecular formula is C19H31ClIN3O2. The number of halogens is 2. The Balaban J connectivity index is 0.00000338. The van der Waals surface area contributed by atoms with Crippen LogP contribution in [0.2, 0.25) is 5.02 Å². The largest absolute Gasteiger partial charge is 0.381 e. The van der Waals surface area contributed by atoms with Crippen LogP contribution in [0.25, 0.3) is 0 Å². The Labute approximate surface area is 179 Å². The molecule has 26 heavy (non-hydrogen) atoms. The summed E-state index contributed by atoms with van der Waals surface area (Å²) in [5, 5.41) is 7.49. The molecule has 2 N–H and O–H groups in total. The van der Waals surface area contributed by atoms with Crippen LogP contribution in [0.1, 0.15) is 24.8 Å². The predicted octanol–water partition coefficient (Wildman–Crippen LogP) is 3.50. The lowest BCUT2D eigenvalue weighted by Crippen LogP contribution is -2.38. The van der Waals surface area contributed by atoms with Crippen LogP contribution in [-0.2, 0) is 15.9 Å². The van der Waals surface area contributed by atoms with E-state index in [1.54, 1.807) is 7.05 Å². The molecule has 1 aliphatic rings. The molecular weight excluding hydrogens is 465 g/mol. The van der Waals surface area contributed by atoms with Crippen molar-refractivity contribution in [1.29, 1.82) is 0 Å². The first-order valence-corrected chi connectivity index (χ1v) is 9.51. The number of ether oxygens (including phenoxy) is 2. The van der Waals surface area contributed by atoms with Crippen LogP contribution in [0.5, 0.6) is 0 Å². The first kappa shape index (κ1) is 23.5. The van der Waals surface area contributed by atoms with Gasteiger partial charge in [0.05, 0.1) is 13.2 Å². The average Bonchev–Trinajstić information content (AvgIpc) is 3.14. The van der Waals surface area contributed by atoms with Gasteiger partial charge in [0.1, 0.15) is 0 Å². The van der Waals surface area contributed by atoms with Crippen LogP contribution in [0.15, 0.2) is 29.3 Å². The quantitative estimate of drug-likeness (QED) is 0.226. The summed E-state index contributed by atoms with van der Waals surface area (Å²) in [5.74, 6) is 1.42. The lowest BCUT2D eigenvalue weighted by Gasteiger charge is -2.13. The number of hydrogen-bond donors (Lipinski definition) is 2. The molecule has 5 nitrogen and oxygen atoms in total. The fourth-order valence-corrected chi connectivity index (χ4v) is 2.98. The lowest BCUT2D eigenvalue weighted by atomic mass is 10.1. The third kappa shape index (κ3) is 9.39. The van der Waals surface area contributed by atoms with Gasteiger partial charge in [-0.2, -0.15) is 0 Å². The van der Waals surface area contributed by atoms with Gasteiger partial charge in [0.25, 0.3) is 0 Å². The summed E-state index contributed by atoms with van der Waals surface area (Å²) in [6.07, 6.45) is 4.07. The van der Waals surface area contributed by atoms with Gasteiger partial charge >= 0.3 is 0 Å². The molecule has 1 saturated heterocycles. The van der Waals surface area contributed by atoms with Gasteiger partial charge in [0, 0.05) is 44.3 Å². The van der Waals surface area contributed by atoms with E-state index in [0.717, 1.165) is 76.2 Å². The van der Waals surface area contributed by atoms with Crippen molar-refractivity contribution in [1.82, 2.24) is 10.6 Å². The second-order valence-corrected chi connectivity index (χ2v) is 6.69. The van der Waals surface area contributed by atoms with Crippen molar-refractivity contribution in [3.63, 3.8) is 0 Å². The molecule has 1 atom stereocenters. The summed E-state index contributed by atoms with van der Waals surface area (Å²) < 4.78 is 11.0. The standard InChI is InChI=1S/C19H30ClN3O2.HI/c1-21-19(22-10-4-7-17-6-2-3-8-18(17)20)23-11-5-12-24-14-16-9-13-25-15-16;/h2-3,6,8,16H,4-5,7,9-15H2,1H3,(H2,21,22,23);1H. The van der Waals surface area contributed by atoms with Gasteiger partial charge in [-0.25, -0.2) is 0 Å². The Morgan fingerprint density at radius 2 is 2.04 bits per heavy atom. The molecule has 0 bridgehead atoms. The van der Waals surface area contributed by atoms with Gasteiger partial charge in [-0.15, -0.1) is 24.0 Å². The summed E-state index contributed by atoms with van der Waals surface area (Å²) in [5.41, 5.74) is 1.19. The van der Waals surface area contributed by atoms with Crippen molar-refractivity contribution >= 4 is 41.5 Å². The maximum Gasteiger partial charge on any atom is 0.190 e. The highest BCUT2D eigenvalue weighted by atomic mass is 127. The number of rotatable bonds is 10. The van der Waals surface area contributed by atoms with E-state index in [9.17, 15) is 0 Å². The second-order valence-electron chi connectivity index (χ2n) is 6.28. The van der Waals surface area contributed by atoms with Crippen molar-refractivity contribution in [3.05, 3.63) is 34.9 Å². The monoisotopic (exact) mass is 495 g/mol. The van der Waals surface area contributed by atoms with Crippen LogP contribution in [0.3, 0.4) is 0 Å². The van der Waals surface area contributed by atoms with Gasteiger partial charge < -0.3 is 20.1 Å². The van der Waals surface area contributed by atoms with E-state index >= 15 is 0 Å². The zero-order chi connectivity index (χ0) is 17.7. The highest BCUT2D eigenvalue weighted by Gasteiger charge is 2.15. The topological polar surface area (TPSA) is 54.9 Å². The molecule has 0 spiro atoms. The Hall–Kier alpha value is -0.570. The van der Waals surface area contributed by atoms with Gasteiger partial charge in [0.15, 0.2) is 5.96 Å². The summed E-state index contributed by atoms with van der Waals surface area (Å²) >= 11 is 6.17. The van der Waals surface area contributed by atoms with Gasteiger partial charge in [-0.3, -0.25) is 4.99 Å². The predicted molar refractivity (Wildman–Crippen MR) is 119 cm³/mol. The molecule has 0 amide bonds. The first-order chi connectivity index (χ1) is 12.3. The van der Waals surface area contributed by atoms with Gasteiger partial charge in [-0.1, -0.05) is 29.8 Å². The number of nitrogens with zero attached hydrogens (tertiary/aromatic N) is 1. The molecule has 0 radical (unpaired) electrons. The molecule has 1 heterocycles.